The fourth-order valence-corrected chi connectivity index (χ4v) is 1.84. The molecule has 0 aliphatic carbocycles. The quantitative estimate of drug-likeness (QED) is 0.605. The van der Waals surface area contributed by atoms with E-state index in [0.717, 1.165) is 6.54 Å². The molecule has 0 saturated carbocycles. The van der Waals surface area contributed by atoms with Crippen LogP contribution in [0.5, 0.6) is 0 Å². The summed E-state index contributed by atoms with van der Waals surface area (Å²) >= 11 is 0. The van der Waals surface area contributed by atoms with Gasteiger partial charge in [0.2, 0.25) is 0 Å². The van der Waals surface area contributed by atoms with Gasteiger partial charge in [-0.25, -0.2) is 0 Å². The standard InChI is InChI=1S/C8H18N2/c1-8(6-9-2)4-5-10(3)7-8/h9H,4-7H2,1-3H3/t8-/m0/s1. The zero-order valence-electron chi connectivity index (χ0n) is 7.28. The molecule has 2 heteroatoms. The Morgan fingerprint density at radius 3 is 2.70 bits per heavy atom. The highest BCUT2D eigenvalue weighted by atomic mass is 15.1. The van der Waals surface area contributed by atoms with E-state index >= 15 is 0 Å². The molecule has 1 N–H and O–H groups in total. The van der Waals surface area contributed by atoms with Crippen LogP contribution in [0.2, 0.25) is 0 Å². The largest absolute Gasteiger partial charge is 0.319 e. The van der Waals surface area contributed by atoms with E-state index in [9.17, 15) is 0 Å². The van der Waals surface area contributed by atoms with Crippen molar-refractivity contribution in [2.45, 2.75) is 13.3 Å². The molecule has 0 spiro atoms. The van der Waals surface area contributed by atoms with Crippen molar-refractivity contribution in [1.29, 1.82) is 0 Å². The van der Waals surface area contributed by atoms with Gasteiger partial charge in [0.25, 0.3) is 0 Å². The number of nitrogens with zero attached hydrogens (tertiary/aromatic N) is 1. The summed E-state index contributed by atoms with van der Waals surface area (Å²) in [6.07, 6.45) is 1.34. The van der Waals surface area contributed by atoms with Crippen LogP contribution in [0.1, 0.15) is 13.3 Å². The molecule has 1 aliphatic heterocycles. The van der Waals surface area contributed by atoms with Gasteiger partial charge in [-0.3, -0.25) is 0 Å². The Kier molecular flexibility index (Phi) is 2.32. The normalized spacial score (nSPS) is 35.1. The van der Waals surface area contributed by atoms with Gasteiger partial charge in [-0.05, 0) is 32.5 Å². The van der Waals surface area contributed by atoms with Gasteiger partial charge in [-0.15, -0.1) is 0 Å². The van der Waals surface area contributed by atoms with E-state index in [1.165, 1.54) is 19.5 Å². The first-order chi connectivity index (χ1) is 4.66. The van der Waals surface area contributed by atoms with Gasteiger partial charge in [0, 0.05) is 13.1 Å². The summed E-state index contributed by atoms with van der Waals surface area (Å²) in [5.41, 5.74) is 0.531. The lowest BCUT2D eigenvalue weighted by molar-refractivity contribution is 0.302. The molecular weight excluding hydrogens is 124 g/mol. The summed E-state index contributed by atoms with van der Waals surface area (Å²) in [6.45, 7) is 6.01. The van der Waals surface area contributed by atoms with Crippen LogP contribution in [-0.2, 0) is 0 Å². The van der Waals surface area contributed by atoms with Gasteiger partial charge >= 0.3 is 0 Å². The van der Waals surface area contributed by atoms with Crippen LogP contribution in [0, 0.1) is 5.41 Å². The minimum atomic E-state index is 0.531. The summed E-state index contributed by atoms with van der Waals surface area (Å²) in [7, 11) is 4.23. The minimum absolute atomic E-state index is 0.531. The summed E-state index contributed by atoms with van der Waals surface area (Å²) in [6, 6.07) is 0. The predicted octanol–water partition coefficient (Wildman–Crippen LogP) is 0.548. The number of hydrogen-bond donors (Lipinski definition) is 1. The third-order valence-electron chi connectivity index (χ3n) is 2.35. The molecule has 1 aliphatic rings. The van der Waals surface area contributed by atoms with Crippen LogP contribution in [0.25, 0.3) is 0 Å². The Morgan fingerprint density at radius 1 is 1.60 bits per heavy atom. The Balaban J connectivity index is 2.38. The van der Waals surface area contributed by atoms with Crippen molar-refractivity contribution in [2.75, 3.05) is 33.7 Å². The van der Waals surface area contributed by atoms with Gasteiger partial charge < -0.3 is 10.2 Å². The highest BCUT2D eigenvalue weighted by Gasteiger charge is 2.30. The Hall–Kier alpha value is -0.0800. The van der Waals surface area contributed by atoms with Gasteiger partial charge in [0.1, 0.15) is 0 Å². The smallest absolute Gasteiger partial charge is 0.00449 e. The average Bonchev–Trinajstić information content (AvgIpc) is 2.12. The molecule has 1 heterocycles. The molecule has 1 atom stereocenters. The van der Waals surface area contributed by atoms with Gasteiger partial charge in [-0.1, -0.05) is 6.92 Å². The number of rotatable bonds is 2. The first-order valence-electron chi connectivity index (χ1n) is 3.99. The van der Waals surface area contributed by atoms with Crippen molar-refractivity contribution in [1.82, 2.24) is 10.2 Å². The lowest BCUT2D eigenvalue weighted by Gasteiger charge is -2.22. The second kappa shape index (κ2) is 2.89. The highest BCUT2D eigenvalue weighted by molar-refractivity contribution is 4.85. The minimum Gasteiger partial charge on any atom is -0.319 e. The van der Waals surface area contributed by atoms with E-state index in [4.69, 9.17) is 0 Å². The van der Waals surface area contributed by atoms with Crippen molar-refractivity contribution in [3.05, 3.63) is 0 Å². The van der Waals surface area contributed by atoms with E-state index in [0.29, 0.717) is 5.41 Å². The number of hydrogen-bond acceptors (Lipinski definition) is 2. The molecule has 1 rings (SSSR count). The Labute approximate surface area is 63.6 Å². The molecule has 2 nitrogen and oxygen atoms in total. The van der Waals surface area contributed by atoms with E-state index < -0.39 is 0 Å². The summed E-state index contributed by atoms with van der Waals surface area (Å²) in [4.78, 5) is 2.40. The number of likely N-dealkylation sites (tertiary alicyclic amines) is 1. The SMILES string of the molecule is CNC[C@]1(C)CCN(C)C1. The second-order valence-electron chi connectivity index (χ2n) is 3.83. The van der Waals surface area contributed by atoms with Gasteiger partial charge in [-0.2, -0.15) is 0 Å². The molecule has 0 amide bonds. The van der Waals surface area contributed by atoms with Crippen LogP contribution in [0.4, 0.5) is 0 Å². The third kappa shape index (κ3) is 1.70. The van der Waals surface area contributed by atoms with Gasteiger partial charge in [0.05, 0.1) is 0 Å². The first-order valence-corrected chi connectivity index (χ1v) is 3.99. The van der Waals surface area contributed by atoms with Crippen LogP contribution in [0.3, 0.4) is 0 Å². The summed E-state index contributed by atoms with van der Waals surface area (Å²) in [5.74, 6) is 0. The van der Waals surface area contributed by atoms with Crippen LogP contribution in [-0.4, -0.2) is 38.6 Å². The summed E-state index contributed by atoms with van der Waals surface area (Å²) < 4.78 is 0. The van der Waals surface area contributed by atoms with E-state index in [-0.39, 0.29) is 0 Å². The topological polar surface area (TPSA) is 15.3 Å². The van der Waals surface area contributed by atoms with Crippen LogP contribution >= 0.6 is 0 Å². The summed E-state index contributed by atoms with van der Waals surface area (Å²) in [5, 5.41) is 3.24. The first kappa shape index (κ1) is 8.02. The lowest BCUT2D eigenvalue weighted by atomic mass is 9.90. The van der Waals surface area contributed by atoms with E-state index in [1.54, 1.807) is 0 Å². The fourth-order valence-electron chi connectivity index (χ4n) is 1.84. The molecule has 0 radical (unpaired) electrons. The van der Waals surface area contributed by atoms with E-state index in [1.807, 2.05) is 7.05 Å². The van der Waals surface area contributed by atoms with Crippen LogP contribution < -0.4 is 5.32 Å². The van der Waals surface area contributed by atoms with Crippen molar-refractivity contribution in [3.63, 3.8) is 0 Å². The highest BCUT2D eigenvalue weighted by Crippen LogP contribution is 2.27. The van der Waals surface area contributed by atoms with Crippen molar-refractivity contribution in [2.24, 2.45) is 5.41 Å². The maximum Gasteiger partial charge on any atom is 0.00449 e. The van der Waals surface area contributed by atoms with Gasteiger partial charge in [0.15, 0.2) is 0 Å². The average molecular weight is 142 g/mol. The van der Waals surface area contributed by atoms with Crippen molar-refractivity contribution < 1.29 is 0 Å². The molecule has 0 aromatic heterocycles. The lowest BCUT2D eigenvalue weighted by Crippen LogP contribution is -2.31. The Bertz CT molecular complexity index is 110. The zero-order valence-corrected chi connectivity index (χ0v) is 7.28. The second-order valence-corrected chi connectivity index (χ2v) is 3.83. The number of nitrogens with one attached hydrogen (secondary N) is 1. The third-order valence-corrected chi connectivity index (χ3v) is 2.35. The predicted molar refractivity (Wildman–Crippen MR) is 44.1 cm³/mol. The maximum atomic E-state index is 3.24. The molecule has 10 heavy (non-hydrogen) atoms. The fraction of sp³-hybridized carbons (Fsp3) is 1.00. The zero-order chi connectivity index (χ0) is 7.61. The van der Waals surface area contributed by atoms with Crippen LogP contribution in [0.15, 0.2) is 0 Å². The monoisotopic (exact) mass is 142 g/mol. The maximum absolute atomic E-state index is 3.24. The molecule has 0 unspecified atom stereocenters. The Morgan fingerprint density at radius 2 is 2.30 bits per heavy atom. The van der Waals surface area contributed by atoms with Crippen molar-refractivity contribution in [3.8, 4) is 0 Å². The molecule has 0 aromatic rings. The molecule has 0 bridgehead atoms. The molecule has 1 fully saturated rings. The molecule has 60 valence electrons. The molecule has 0 aromatic carbocycles. The van der Waals surface area contributed by atoms with Crippen molar-refractivity contribution >= 4 is 0 Å². The molecular formula is C8H18N2. The molecule has 1 saturated heterocycles. The van der Waals surface area contributed by atoms with E-state index in [2.05, 4.69) is 24.2 Å².